The Bertz CT molecular complexity index is 1090. The van der Waals surface area contributed by atoms with Crippen molar-refractivity contribution < 1.29 is 4.39 Å². The van der Waals surface area contributed by atoms with Gasteiger partial charge in [0, 0.05) is 68.8 Å². The van der Waals surface area contributed by atoms with Crippen LogP contribution in [-0.2, 0) is 0 Å². The molecule has 3 aromatic rings. The molecule has 0 bridgehead atoms. The minimum Gasteiger partial charge on any atom is -0.393 e. The van der Waals surface area contributed by atoms with Gasteiger partial charge >= 0.3 is 0 Å². The van der Waals surface area contributed by atoms with Gasteiger partial charge in [-0.3, -0.25) is 0 Å². The van der Waals surface area contributed by atoms with Crippen LogP contribution in [0.3, 0.4) is 0 Å². The van der Waals surface area contributed by atoms with Gasteiger partial charge in [0.2, 0.25) is 0 Å². The van der Waals surface area contributed by atoms with Gasteiger partial charge in [-0.2, -0.15) is 0 Å². The number of hydrogen-bond acceptors (Lipinski definition) is 7. The van der Waals surface area contributed by atoms with E-state index >= 15 is 0 Å². The summed E-state index contributed by atoms with van der Waals surface area (Å²) in [7, 11) is 0. The Hall–Kier alpha value is -3.26. The highest BCUT2D eigenvalue weighted by molar-refractivity contribution is 6.30. The first-order chi connectivity index (χ1) is 16.1. The van der Waals surface area contributed by atoms with Crippen molar-refractivity contribution in [2.24, 2.45) is 0 Å². The standard InChI is InChI=1S/C24H27ClFN7/c25-18-2-1-3-21(16-18)31-10-14-33(15-11-31)24-22(27)23(28-17-29-24)32-12-8-30(9-13-32)20-6-4-19(26)5-7-20/h1-7,16-17H,8-15,27H2. The summed E-state index contributed by atoms with van der Waals surface area (Å²) in [6.45, 7) is 6.62. The molecule has 33 heavy (non-hydrogen) atoms. The fourth-order valence-electron chi connectivity index (χ4n) is 4.56. The molecule has 1 aromatic heterocycles. The summed E-state index contributed by atoms with van der Waals surface area (Å²) in [5.74, 6) is 1.37. The van der Waals surface area contributed by atoms with Crippen molar-refractivity contribution in [2.75, 3.05) is 77.7 Å². The first-order valence-electron chi connectivity index (χ1n) is 11.2. The second kappa shape index (κ2) is 9.31. The third-order valence-electron chi connectivity index (χ3n) is 6.37. The smallest absolute Gasteiger partial charge is 0.157 e. The van der Waals surface area contributed by atoms with Gasteiger partial charge in [-0.15, -0.1) is 0 Å². The molecule has 0 aliphatic carbocycles. The van der Waals surface area contributed by atoms with Crippen molar-refractivity contribution in [1.82, 2.24) is 9.97 Å². The van der Waals surface area contributed by atoms with Crippen molar-refractivity contribution in [2.45, 2.75) is 0 Å². The Morgan fingerprint density at radius 1 is 0.697 bits per heavy atom. The molecule has 3 heterocycles. The molecule has 172 valence electrons. The molecule has 5 rings (SSSR count). The first kappa shape index (κ1) is 21.6. The van der Waals surface area contributed by atoms with E-state index in [-0.39, 0.29) is 5.82 Å². The number of nitrogens with zero attached hydrogens (tertiary/aromatic N) is 6. The summed E-state index contributed by atoms with van der Waals surface area (Å²) in [6, 6.07) is 14.6. The molecular weight excluding hydrogens is 441 g/mol. The Balaban J connectivity index is 1.24. The topological polar surface area (TPSA) is 64.8 Å². The third kappa shape index (κ3) is 4.61. The zero-order chi connectivity index (χ0) is 22.8. The Morgan fingerprint density at radius 2 is 1.21 bits per heavy atom. The number of rotatable bonds is 4. The average molecular weight is 468 g/mol. The van der Waals surface area contributed by atoms with E-state index in [1.807, 2.05) is 30.3 Å². The van der Waals surface area contributed by atoms with E-state index in [0.717, 1.165) is 80.4 Å². The number of piperazine rings is 2. The van der Waals surface area contributed by atoms with E-state index in [0.29, 0.717) is 5.69 Å². The van der Waals surface area contributed by atoms with Gasteiger partial charge in [0.25, 0.3) is 0 Å². The van der Waals surface area contributed by atoms with Crippen LogP contribution in [0.15, 0.2) is 54.9 Å². The lowest BCUT2D eigenvalue weighted by Gasteiger charge is -2.39. The molecule has 2 aromatic carbocycles. The molecule has 0 radical (unpaired) electrons. The van der Waals surface area contributed by atoms with Gasteiger partial charge in [0.1, 0.15) is 17.8 Å². The number of hydrogen-bond donors (Lipinski definition) is 1. The summed E-state index contributed by atoms with van der Waals surface area (Å²) in [5.41, 5.74) is 9.38. The molecule has 0 amide bonds. The predicted octanol–water partition coefficient (Wildman–Crippen LogP) is 3.50. The van der Waals surface area contributed by atoms with E-state index < -0.39 is 0 Å². The number of nitrogens with two attached hydrogens (primary N) is 1. The monoisotopic (exact) mass is 467 g/mol. The summed E-state index contributed by atoms with van der Waals surface area (Å²) >= 11 is 6.16. The van der Waals surface area contributed by atoms with Crippen LogP contribution >= 0.6 is 11.6 Å². The van der Waals surface area contributed by atoms with Crippen LogP contribution in [0.2, 0.25) is 5.02 Å². The fourth-order valence-corrected chi connectivity index (χ4v) is 4.74. The number of aromatic nitrogens is 2. The molecule has 2 saturated heterocycles. The molecule has 9 heteroatoms. The van der Waals surface area contributed by atoms with Crippen LogP contribution in [0, 0.1) is 5.82 Å². The maximum absolute atomic E-state index is 13.2. The Morgan fingerprint density at radius 3 is 1.76 bits per heavy atom. The van der Waals surface area contributed by atoms with Crippen molar-refractivity contribution in [3.05, 3.63) is 65.7 Å². The minimum atomic E-state index is -0.216. The molecule has 2 fully saturated rings. The molecular formula is C24H27ClFN7. The number of halogens is 2. The van der Waals surface area contributed by atoms with E-state index in [1.165, 1.54) is 12.1 Å². The number of anilines is 5. The highest BCUT2D eigenvalue weighted by Crippen LogP contribution is 2.31. The van der Waals surface area contributed by atoms with Crippen molar-refractivity contribution in [1.29, 1.82) is 0 Å². The zero-order valence-corrected chi connectivity index (χ0v) is 19.1. The predicted molar refractivity (Wildman–Crippen MR) is 133 cm³/mol. The van der Waals surface area contributed by atoms with Gasteiger partial charge in [-0.05, 0) is 42.5 Å². The van der Waals surface area contributed by atoms with Crippen molar-refractivity contribution in [3.8, 4) is 0 Å². The molecule has 0 saturated carbocycles. The van der Waals surface area contributed by atoms with Gasteiger partial charge in [0.05, 0.1) is 0 Å². The SMILES string of the molecule is Nc1c(N2CCN(c3ccc(F)cc3)CC2)ncnc1N1CCN(c2cccc(Cl)c2)CC1. The van der Waals surface area contributed by atoms with Crippen LogP contribution in [0.5, 0.6) is 0 Å². The average Bonchev–Trinajstić information content (AvgIpc) is 2.85. The lowest BCUT2D eigenvalue weighted by molar-refractivity contribution is 0.624. The highest BCUT2D eigenvalue weighted by atomic mass is 35.5. The summed E-state index contributed by atoms with van der Waals surface area (Å²) < 4.78 is 13.2. The Labute approximate surface area is 198 Å². The van der Waals surface area contributed by atoms with Gasteiger partial charge < -0.3 is 25.3 Å². The molecule has 0 spiro atoms. The quantitative estimate of drug-likeness (QED) is 0.630. The van der Waals surface area contributed by atoms with Crippen molar-refractivity contribution >= 4 is 40.3 Å². The largest absolute Gasteiger partial charge is 0.393 e. The third-order valence-corrected chi connectivity index (χ3v) is 6.60. The fraction of sp³-hybridized carbons (Fsp3) is 0.333. The maximum Gasteiger partial charge on any atom is 0.157 e. The second-order valence-electron chi connectivity index (χ2n) is 8.34. The van der Waals surface area contributed by atoms with Crippen LogP contribution in [0.25, 0.3) is 0 Å². The van der Waals surface area contributed by atoms with Crippen molar-refractivity contribution in [3.63, 3.8) is 0 Å². The highest BCUT2D eigenvalue weighted by Gasteiger charge is 2.25. The lowest BCUT2D eigenvalue weighted by atomic mass is 10.2. The van der Waals surface area contributed by atoms with Crippen LogP contribution in [-0.4, -0.2) is 62.3 Å². The van der Waals surface area contributed by atoms with E-state index in [2.05, 4.69) is 35.6 Å². The molecule has 0 unspecified atom stereocenters. The maximum atomic E-state index is 13.2. The van der Waals surface area contributed by atoms with Gasteiger partial charge in [0.15, 0.2) is 11.6 Å². The molecule has 0 atom stereocenters. The normalized spacial score (nSPS) is 16.9. The van der Waals surface area contributed by atoms with E-state index in [9.17, 15) is 4.39 Å². The molecule has 2 aliphatic heterocycles. The summed E-state index contributed by atoms with van der Waals surface area (Å²) in [6.07, 6.45) is 1.61. The first-order valence-corrected chi connectivity index (χ1v) is 11.6. The van der Waals surface area contributed by atoms with Gasteiger partial charge in [-0.25, -0.2) is 14.4 Å². The van der Waals surface area contributed by atoms with E-state index in [1.54, 1.807) is 6.33 Å². The summed E-state index contributed by atoms with van der Waals surface area (Å²) in [5, 5.41) is 0.749. The van der Waals surface area contributed by atoms with Crippen LogP contribution < -0.4 is 25.3 Å². The molecule has 2 N–H and O–H groups in total. The Kier molecular flexibility index (Phi) is 6.09. The lowest BCUT2D eigenvalue weighted by Crippen LogP contribution is -2.48. The van der Waals surface area contributed by atoms with Crippen LogP contribution in [0.1, 0.15) is 0 Å². The van der Waals surface area contributed by atoms with Crippen LogP contribution in [0.4, 0.5) is 33.1 Å². The second-order valence-corrected chi connectivity index (χ2v) is 8.78. The zero-order valence-electron chi connectivity index (χ0n) is 18.4. The molecule has 7 nitrogen and oxygen atoms in total. The minimum absolute atomic E-state index is 0.216. The van der Waals surface area contributed by atoms with E-state index in [4.69, 9.17) is 17.3 Å². The van der Waals surface area contributed by atoms with Gasteiger partial charge in [-0.1, -0.05) is 17.7 Å². The number of benzene rings is 2. The molecule has 2 aliphatic rings. The number of nitrogen functional groups attached to an aromatic ring is 1. The summed E-state index contributed by atoms with van der Waals surface area (Å²) in [4.78, 5) is 18.1.